The first kappa shape index (κ1) is 20.4. The van der Waals surface area contributed by atoms with Gasteiger partial charge < -0.3 is 14.4 Å². The Kier molecular flexibility index (Phi) is 5.18. The predicted molar refractivity (Wildman–Crippen MR) is 110 cm³/mol. The molecule has 2 aliphatic rings. The molecule has 5 rings (SSSR count). The summed E-state index contributed by atoms with van der Waals surface area (Å²) in [6.45, 7) is 2.31. The Balaban J connectivity index is 1.50. The molecule has 1 saturated heterocycles. The molecule has 31 heavy (non-hydrogen) atoms. The number of fused-ring (bicyclic) bond motifs is 1. The lowest BCUT2D eigenvalue weighted by atomic mass is 10.1. The van der Waals surface area contributed by atoms with Gasteiger partial charge in [0.1, 0.15) is 0 Å². The van der Waals surface area contributed by atoms with Crippen molar-refractivity contribution in [2.75, 3.05) is 31.1 Å². The van der Waals surface area contributed by atoms with Crippen molar-refractivity contribution in [3.63, 3.8) is 0 Å². The summed E-state index contributed by atoms with van der Waals surface area (Å²) in [4.78, 5) is 16.4. The number of benzene rings is 1. The van der Waals surface area contributed by atoms with Crippen molar-refractivity contribution in [3.8, 4) is 5.13 Å². The topological polar surface area (TPSA) is 104 Å². The second-order valence-electron chi connectivity index (χ2n) is 7.49. The van der Waals surface area contributed by atoms with Gasteiger partial charge in [0.2, 0.25) is 11.0 Å². The third kappa shape index (κ3) is 3.81. The average molecular weight is 469 g/mol. The van der Waals surface area contributed by atoms with Gasteiger partial charge in [-0.2, -0.15) is 5.10 Å². The van der Waals surface area contributed by atoms with E-state index in [0.29, 0.717) is 54.1 Å². The molecule has 1 N–H and O–H groups in total. The molecule has 0 spiro atoms. The van der Waals surface area contributed by atoms with E-state index in [2.05, 4.69) is 15.3 Å². The zero-order valence-corrected chi connectivity index (χ0v) is 17.8. The third-order valence-electron chi connectivity index (χ3n) is 5.50. The van der Waals surface area contributed by atoms with Crippen LogP contribution in [0.3, 0.4) is 0 Å². The van der Waals surface area contributed by atoms with Gasteiger partial charge in [-0.15, -0.1) is 10.2 Å². The summed E-state index contributed by atoms with van der Waals surface area (Å²) in [7, 11) is 0. The fourth-order valence-electron chi connectivity index (χ4n) is 3.75. The zero-order chi connectivity index (χ0) is 21.7. The van der Waals surface area contributed by atoms with Crippen LogP contribution >= 0.6 is 11.3 Å². The molecule has 0 radical (unpaired) electrons. The predicted octanol–water partition coefficient (Wildman–Crippen LogP) is 2.45. The minimum atomic E-state index is -2.74. The number of piperazine rings is 1. The molecule has 0 bridgehead atoms. The highest BCUT2D eigenvalue weighted by molar-refractivity contribution is 7.79. The second-order valence-corrected chi connectivity index (χ2v) is 9.45. The maximum absolute atomic E-state index is 12.9. The van der Waals surface area contributed by atoms with Gasteiger partial charge in [-0.1, -0.05) is 11.3 Å². The Morgan fingerprint density at radius 3 is 2.55 bits per heavy atom. The normalized spacial score (nSPS) is 18.2. The molecular weight excluding hydrogens is 450 g/mol. The van der Waals surface area contributed by atoms with Gasteiger partial charge in [-0.3, -0.25) is 4.79 Å². The van der Waals surface area contributed by atoms with Crippen LogP contribution in [0.4, 0.5) is 14.5 Å². The molecule has 1 saturated carbocycles. The summed E-state index contributed by atoms with van der Waals surface area (Å²) in [5, 5.41) is 12.0. The SMILES string of the molecule is O=C(C1CC1)N1CCN(c2cc(S(=O)O)cc3c2cnn3-c2nnc(C(F)F)s2)CC1. The molecule has 1 unspecified atom stereocenters. The number of rotatable bonds is 5. The van der Waals surface area contributed by atoms with Crippen LogP contribution in [0.1, 0.15) is 24.3 Å². The number of carbonyl (C=O) groups excluding carboxylic acids is 1. The summed E-state index contributed by atoms with van der Waals surface area (Å²) < 4.78 is 48.8. The first-order valence-corrected chi connectivity index (χ1v) is 11.6. The first-order valence-electron chi connectivity index (χ1n) is 9.70. The number of hydrogen-bond donors (Lipinski definition) is 1. The van der Waals surface area contributed by atoms with Crippen LogP contribution < -0.4 is 4.90 Å². The quantitative estimate of drug-likeness (QED) is 0.574. The third-order valence-corrected chi connectivity index (χ3v) is 7.04. The summed E-state index contributed by atoms with van der Waals surface area (Å²) in [5.74, 6) is 0.371. The van der Waals surface area contributed by atoms with Gasteiger partial charge in [0, 0.05) is 43.2 Å². The fourth-order valence-corrected chi connectivity index (χ4v) is 4.85. The minimum Gasteiger partial charge on any atom is -0.367 e. The van der Waals surface area contributed by atoms with E-state index in [4.69, 9.17) is 0 Å². The van der Waals surface area contributed by atoms with Gasteiger partial charge in [-0.05, 0) is 25.0 Å². The highest BCUT2D eigenvalue weighted by Crippen LogP contribution is 2.35. The van der Waals surface area contributed by atoms with Crippen LogP contribution in [-0.4, -0.2) is 65.7 Å². The second kappa shape index (κ2) is 7.88. The van der Waals surface area contributed by atoms with E-state index in [1.54, 1.807) is 12.3 Å². The molecule has 1 amide bonds. The lowest BCUT2D eigenvalue weighted by molar-refractivity contribution is -0.132. The number of amides is 1. The summed E-state index contributed by atoms with van der Waals surface area (Å²) in [6.07, 6.45) is 0.767. The Bertz CT molecular complexity index is 1170. The van der Waals surface area contributed by atoms with E-state index in [-0.39, 0.29) is 21.9 Å². The minimum absolute atomic E-state index is 0.150. The molecule has 1 atom stereocenters. The van der Waals surface area contributed by atoms with Crippen molar-refractivity contribution in [1.82, 2.24) is 24.9 Å². The zero-order valence-electron chi connectivity index (χ0n) is 16.1. The number of carbonyl (C=O) groups is 1. The van der Waals surface area contributed by atoms with Gasteiger partial charge >= 0.3 is 0 Å². The molecule has 1 aliphatic carbocycles. The van der Waals surface area contributed by atoms with Crippen LogP contribution in [0.15, 0.2) is 23.2 Å². The molecular formula is C18H18F2N6O3S2. The monoisotopic (exact) mass is 468 g/mol. The van der Waals surface area contributed by atoms with E-state index in [9.17, 15) is 22.3 Å². The molecule has 13 heteroatoms. The summed E-state index contributed by atoms with van der Waals surface area (Å²) >= 11 is -1.53. The molecule has 3 heterocycles. The van der Waals surface area contributed by atoms with Crippen LogP contribution in [0.2, 0.25) is 0 Å². The molecule has 3 aromatic rings. The van der Waals surface area contributed by atoms with Crippen LogP contribution in [-0.2, 0) is 15.9 Å². The summed E-state index contributed by atoms with van der Waals surface area (Å²) in [6, 6.07) is 3.13. The number of hydrogen-bond acceptors (Lipinski definition) is 7. The molecule has 164 valence electrons. The highest BCUT2D eigenvalue weighted by atomic mass is 32.2. The van der Waals surface area contributed by atoms with Crippen molar-refractivity contribution in [3.05, 3.63) is 23.3 Å². The van der Waals surface area contributed by atoms with Crippen molar-refractivity contribution >= 4 is 44.9 Å². The van der Waals surface area contributed by atoms with Crippen LogP contribution in [0.25, 0.3) is 16.0 Å². The molecule has 1 aromatic carbocycles. The van der Waals surface area contributed by atoms with Crippen molar-refractivity contribution in [1.29, 1.82) is 0 Å². The Morgan fingerprint density at radius 2 is 1.94 bits per heavy atom. The number of anilines is 1. The van der Waals surface area contributed by atoms with Gasteiger partial charge in [0.15, 0.2) is 16.1 Å². The van der Waals surface area contributed by atoms with E-state index < -0.39 is 22.5 Å². The number of nitrogens with zero attached hydrogens (tertiary/aromatic N) is 6. The number of halogens is 2. The van der Waals surface area contributed by atoms with E-state index in [0.717, 1.165) is 12.8 Å². The van der Waals surface area contributed by atoms with E-state index in [1.807, 2.05) is 9.80 Å². The first-order chi connectivity index (χ1) is 14.9. The van der Waals surface area contributed by atoms with Gasteiger partial charge in [0.05, 0.1) is 16.6 Å². The Hall–Kier alpha value is -2.51. The fraction of sp³-hybridized carbons (Fsp3) is 0.444. The Labute approximate surface area is 181 Å². The smallest absolute Gasteiger partial charge is 0.291 e. The van der Waals surface area contributed by atoms with Crippen LogP contribution in [0.5, 0.6) is 0 Å². The van der Waals surface area contributed by atoms with E-state index in [1.165, 1.54) is 10.7 Å². The van der Waals surface area contributed by atoms with Gasteiger partial charge in [0.25, 0.3) is 6.43 Å². The molecule has 2 aromatic heterocycles. The summed E-state index contributed by atoms with van der Waals surface area (Å²) in [5.41, 5.74) is 1.18. The van der Waals surface area contributed by atoms with E-state index >= 15 is 0 Å². The maximum atomic E-state index is 12.9. The largest absolute Gasteiger partial charge is 0.367 e. The molecule has 9 nitrogen and oxygen atoms in total. The number of aromatic nitrogens is 4. The average Bonchev–Trinajstić information content (AvgIpc) is 3.33. The van der Waals surface area contributed by atoms with Gasteiger partial charge in [-0.25, -0.2) is 17.7 Å². The molecule has 2 fully saturated rings. The highest BCUT2D eigenvalue weighted by Gasteiger charge is 2.35. The van der Waals surface area contributed by atoms with Crippen molar-refractivity contribution in [2.24, 2.45) is 5.92 Å². The number of alkyl halides is 2. The maximum Gasteiger partial charge on any atom is 0.291 e. The van der Waals surface area contributed by atoms with Crippen molar-refractivity contribution < 1.29 is 22.3 Å². The van der Waals surface area contributed by atoms with Crippen LogP contribution in [0, 0.1) is 5.92 Å². The standard InChI is InChI=1S/C18H18F2N6O3S2/c19-15(20)16-22-23-18(30-16)26-14-8-11(31(28)29)7-13(12(14)9-21-26)24-3-5-25(6-4-24)17(27)10-1-2-10/h7-10,15H,1-6H2,(H,28,29). The van der Waals surface area contributed by atoms with Crippen molar-refractivity contribution in [2.45, 2.75) is 24.2 Å². The lowest BCUT2D eigenvalue weighted by Gasteiger charge is -2.36. The molecule has 1 aliphatic heterocycles. The Morgan fingerprint density at radius 1 is 1.19 bits per heavy atom. The lowest BCUT2D eigenvalue weighted by Crippen LogP contribution is -2.49.